The first-order valence-electron chi connectivity index (χ1n) is 6.40. The van der Waals surface area contributed by atoms with Gasteiger partial charge in [0.05, 0.1) is 0 Å². The van der Waals surface area contributed by atoms with Gasteiger partial charge in [-0.05, 0) is 25.9 Å². The van der Waals surface area contributed by atoms with Crippen LogP contribution in [0.5, 0.6) is 0 Å². The Balaban J connectivity index is 1.81. The molecule has 2 aliphatic rings. The summed E-state index contributed by atoms with van der Waals surface area (Å²) in [4.78, 5) is 15.3. The van der Waals surface area contributed by atoms with Crippen molar-refractivity contribution in [2.75, 3.05) is 32.7 Å². The molecule has 0 radical (unpaired) electrons. The van der Waals surface area contributed by atoms with Gasteiger partial charge in [0.2, 0.25) is 5.91 Å². The number of nitrogens with zero attached hydrogens (tertiary/aromatic N) is 2. The molecule has 18 heavy (non-hydrogen) atoms. The van der Waals surface area contributed by atoms with E-state index in [0.29, 0.717) is 6.54 Å². The van der Waals surface area contributed by atoms with E-state index in [1.807, 2.05) is 0 Å². The first-order chi connectivity index (χ1) is 8.47. The van der Waals surface area contributed by atoms with E-state index < -0.39 is 15.5 Å². The standard InChI is InChI=1S/C11H19FN2O3S/c12-18(16,17)10-8-11(15)14(9-10)7-6-13-4-2-1-3-5-13/h10H,1-9H2. The zero-order chi connectivity index (χ0) is 13.2. The number of likely N-dealkylation sites (tertiary alicyclic amines) is 2. The normalized spacial score (nSPS) is 26.8. The largest absolute Gasteiger partial charge is 0.340 e. The summed E-state index contributed by atoms with van der Waals surface area (Å²) in [5.41, 5.74) is 0. The van der Waals surface area contributed by atoms with Gasteiger partial charge in [0.25, 0.3) is 0 Å². The van der Waals surface area contributed by atoms with Crippen molar-refractivity contribution in [3.05, 3.63) is 0 Å². The Hall–Kier alpha value is -0.690. The molecule has 0 N–H and O–H groups in total. The second kappa shape index (κ2) is 5.52. The minimum atomic E-state index is -4.59. The van der Waals surface area contributed by atoms with Crippen molar-refractivity contribution in [3.63, 3.8) is 0 Å². The van der Waals surface area contributed by atoms with Crippen molar-refractivity contribution in [3.8, 4) is 0 Å². The fourth-order valence-electron chi connectivity index (χ4n) is 2.59. The Morgan fingerprint density at radius 3 is 2.39 bits per heavy atom. The highest BCUT2D eigenvalue weighted by molar-refractivity contribution is 7.87. The van der Waals surface area contributed by atoms with Gasteiger partial charge in [-0.3, -0.25) is 4.79 Å². The van der Waals surface area contributed by atoms with E-state index in [2.05, 4.69) is 4.90 Å². The van der Waals surface area contributed by atoms with E-state index in [-0.39, 0.29) is 18.9 Å². The molecule has 0 spiro atoms. The third-order valence-corrected chi connectivity index (χ3v) is 4.82. The number of amides is 1. The summed E-state index contributed by atoms with van der Waals surface area (Å²) < 4.78 is 34.4. The van der Waals surface area contributed by atoms with Gasteiger partial charge in [0.1, 0.15) is 5.25 Å². The topological polar surface area (TPSA) is 57.7 Å². The molecule has 0 aromatic rings. The van der Waals surface area contributed by atoms with Crippen LogP contribution in [-0.2, 0) is 15.0 Å². The third-order valence-electron chi connectivity index (χ3n) is 3.71. The Bertz CT molecular complexity index is 407. The molecule has 5 nitrogen and oxygen atoms in total. The van der Waals surface area contributed by atoms with E-state index in [1.165, 1.54) is 24.2 Å². The van der Waals surface area contributed by atoms with Crippen molar-refractivity contribution >= 4 is 16.1 Å². The summed E-state index contributed by atoms with van der Waals surface area (Å²) >= 11 is 0. The van der Waals surface area contributed by atoms with Crippen LogP contribution in [0.1, 0.15) is 25.7 Å². The fraction of sp³-hybridized carbons (Fsp3) is 0.909. The maximum Gasteiger partial charge on any atom is 0.307 e. The van der Waals surface area contributed by atoms with E-state index in [9.17, 15) is 17.1 Å². The van der Waals surface area contributed by atoms with Crippen LogP contribution in [-0.4, -0.2) is 62.1 Å². The molecule has 2 saturated heterocycles. The van der Waals surface area contributed by atoms with E-state index in [1.54, 1.807) is 0 Å². The first kappa shape index (κ1) is 13.7. The lowest BCUT2D eigenvalue weighted by Gasteiger charge is -2.28. The Morgan fingerprint density at radius 1 is 1.17 bits per heavy atom. The monoisotopic (exact) mass is 278 g/mol. The predicted octanol–water partition coefficient (Wildman–Crippen LogP) is 0.372. The van der Waals surface area contributed by atoms with Crippen molar-refractivity contribution in [2.24, 2.45) is 0 Å². The second-order valence-corrected chi connectivity index (χ2v) is 6.66. The zero-order valence-corrected chi connectivity index (χ0v) is 11.2. The van der Waals surface area contributed by atoms with Crippen molar-refractivity contribution in [1.29, 1.82) is 0 Å². The fourth-order valence-corrected chi connectivity index (χ4v) is 3.29. The quantitative estimate of drug-likeness (QED) is 0.697. The molecule has 2 heterocycles. The van der Waals surface area contributed by atoms with E-state index >= 15 is 0 Å². The number of carbonyl (C=O) groups is 1. The molecule has 1 atom stereocenters. The van der Waals surface area contributed by atoms with Gasteiger partial charge < -0.3 is 9.80 Å². The molecule has 1 amide bonds. The van der Waals surface area contributed by atoms with Crippen molar-refractivity contribution < 1.29 is 17.1 Å². The molecule has 0 aromatic carbocycles. The number of piperidine rings is 1. The minimum absolute atomic E-state index is 0.00546. The average Bonchev–Trinajstić information content (AvgIpc) is 2.69. The number of halogens is 1. The smallest absolute Gasteiger partial charge is 0.307 e. The minimum Gasteiger partial charge on any atom is -0.340 e. The highest BCUT2D eigenvalue weighted by Gasteiger charge is 2.38. The molecular formula is C11H19FN2O3S. The number of hydrogen-bond acceptors (Lipinski definition) is 4. The maximum absolute atomic E-state index is 12.8. The van der Waals surface area contributed by atoms with Gasteiger partial charge in [0, 0.05) is 26.1 Å². The van der Waals surface area contributed by atoms with Crippen LogP contribution in [0.15, 0.2) is 0 Å². The SMILES string of the molecule is O=C1CC(S(=O)(=O)F)CN1CCN1CCCCC1. The summed E-state index contributed by atoms with van der Waals surface area (Å²) in [5.74, 6) is -0.252. The molecule has 0 aliphatic carbocycles. The number of hydrogen-bond donors (Lipinski definition) is 0. The lowest BCUT2D eigenvalue weighted by atomic mass is 10.1. The first-order valence-corrected chi connectivity index (χ1v) is 7.85. The van der Waals surface area contributed by atoms with Gasteiger partial charge in [-0.2, -0.15) is 8.42 Å². The van der Waals surface area contributed by atoms with Crippen LogP contribution in [0.25, 0.3) is 0 Å². The Labute approximate surface area is 107 Å². The summed E-state index contributed by atoms with van der Waals surface area (Å²) in [6, 6.07) is 0. The average molecular weight is 278 g/mol. The molecule has 7 heteroatoms. The van der Waals surface area contributed by atoms with Crippen LogP contribution in [0, 0.1) is 0 Å². The molecular weight excluding hydrogens is 259 g/mol. The Kier molecular flexibility index (Phi) is 4.21. The van der Waals surface area contributed by atoms with E-state index in [4.69, 9.17) is 0 Å². The van der Waals surface area contributed by atoms with Gasteiger partial charge in [-0.15, -0.1) is 3.89 Å². The summed E-state index contributed by atoms with van der Waals surface area (Å²) in [5, 5.41) is -1.16. The molecule has 0 saturated carbocycles. The second-order valence-electron chi connectivity index (χ2n) is 5.04. The molecule has 104 valence electrons. The van der Waals surface area contributed by atoms with Crippen molar-refractivity contribution in [1.82, 2.24) is 9.80 Å². The maximum atomic E-state index is 12.8. The van der Waals surface area contributed by atoms with Crippen LogP contribution < -0.4 is 0 Å². The van der Waals surface area contributed by atoms with Crippen LogP contribution in [0.3, 0.4) is 0 Å². The van der Waals surface area contributed by atoms with Gasteiger partial charge >= 0.3 is 10.2 Å². The lowest BCUT2D eigenvalue weighted by Crippen LogP contribution is -2.38. The van der Waals surface area contributed by atoms with Crippen LogP contribution in [0.2, 0.25) is 0 Å². The summed E-state index contributed by atoms with van der Waals surface area (Å²) in [6.07, 6.45) is 3.39. The third kappa shape index (κ3) is 3.41. The summed E-state index contributed by atoms with van der Waals surface area (Å²) in [6.45, 7) is 3.33. The summed E-state index contributed by atoms with van der Waals surface area (Å²) in [7, 11) is -4.59. The van der Waals surface area contributed by atoms with E-state index in [0.717, 1.165) is 19.6 Å². The van der Waals surface area contributed by atoms with Gasteiger partial charge in [-0.1, -0.05) is 6.42 Å². The Morgan fingerprint density at radius 2 is 1.83 bits per heavy atom. The molecule has 0 bridgehead atoms. The molecule has 0 aromatic heterocycles. The molecule has 2 rings (SSSR count). The molecule has 1 unspecified atom stereocenters. The predicted molar refractivity (Wildman–Crippen MR) is 65.3 cm³/mol. The lowest BCUT2D eigenvalue weighted by molar-refractivity contribution is -0.127. The van der Waals surface area contributed by atoms with Crippen LogP contribution in [0.4, 0.5) is 3.89 Å². The highest BCUT2D eigenvalue weighted by atomic mass is 32.3. The zero-order valence-electron chi connectivity index (χ0n) is 10.3. The number of rotatable bonds is 4. The van der Waals surface area contributed by atoms with Gasteiger partial charge in [-0.25, -0.2) is 0 Å². The highest BCUT2D eigenvalue weighted by Crippen LogP contribution is 2.19. The number of carbonyl (C=O) groups excluding carboxylic acids is 1. The van der Waals surface area contributed by atoms with Gasteiger partial charge in [0.15, 0.2) is 0 Å². The molecule has 2 aliphatic heterocycles. The van der Waals surface area contributed by atoms with Crippen molar-refractivity contribution in [2.45, 2.75) is 30.9 Å². The van der Waals surface area contributed by atoms with Crippen LogP contribution >= 0.6 is 0 Å². The molecule has 2 fully saturated rings.